The van der Waals surface area contributed by atoms with E-state index in [1.807, 2.05) is 0 Å². The van der Waals surface area contributed by atoms with Crippen molar-refractivity contribution in [3.63, 3.8) is 0 Å². The molecule has 8 N–H and O–H groups in total. The molecule has 0 aliphatic heterocycles. The number of carboxylic acid groups (broad SMARTS) is 2. The highest BCUT2D eigenvalue weighted by atomic mass is 16.4. The standard InChI is InChI=1S/C15H23N5O7/c1-7(21)12(16)14(25)19-9(2-3-11(22)23)13(24)20-10(15(26)27)4-8-5-17-6-18-8/h5-7,9-10,12,21H,2-4,16H2,1H3,(H,17,18)(H,19,25)(H,20,24)(H,22,23)(H,26,27)/t7-,9+,10+,12+/m1/s1. The third-order valence-electron chi connectivity index (χ3n) is 3.70. The lowest BCUT2D eigenvalue weighted by atomic mass is 10.1. The maximum atomic E-state index is 12.4. The van der Waals surface area contributed by atoms with Crippen LogP contribution in [0.1, 0.15) is 25.5 Å². The summed E-state index contributed by atoms with van der Waals surface area (Å²) < 4.78 is 0. The van der Waals surface area contributed by atoms with Crippen molar-refractivity contribution in [1.82, 2.24) is 20.6 Å². The van der Waals surface area contributed by atoms with Gasteiger partial charge in [-0.05, 0) is 13.3 Å². The Kier molecular flexibility index (Phi) is 8.35. The molecule has 0 spiro atoms. The molecule has 0 unspecified atom stereocenters. The lowest BCUT2D eigenvalue weighted by Gasteiger charge is -2.23. The van der Waals surface area contributed by atoms with Crippen molar-refractivity contribution < 1.29 is 34.5 Å². The summed E-state index contributed by atoms with van der Waals surface area (Å²) >= 11 is 0. The number of carbonyl (C=O) groups excluding carboxylic acids is 2. The zero-order valence-corrected chi connectivity index (χ0v) is 14.6. The number of rotatable bonds is 11. The lowest BCUT2D eigenvalue weighted by Crippen LogP contribution is -2.56. The van der Waals surface area contributed by atoms with Crippen molar-refractivity contribution in [2.45, 2.75) is 50.4 Å². The molecule has 1 aromatic heterocycles. The second-order valence-corrected chi connectivity index (χ2v) is 5.94. The van der Waals surface area contributed by atoms with Crippen LogP contribution in [-0.2, 0) is 25.6 Å². The summed E-state index contributed by atoms with van der Waals surface area (Å²) in [5.74, 6) is -4.26. The van der Waals surface area contributed by atoms with E-state index in [9.17, 15) is 29.4 Å². The number of aliphatic hydroxyl groups is 1. The van der Waals surface area contributed by atoms with E-state index in [0.717, 1.165) is 0 Å². The summed E-state index contributed by atoms with van der Waals surface area (Å²) in [4.78, 5) is 53.0. The van der Waals surface area contributed by atoms with E-state index in [2.05, 4.69) is 20.6 Å². The molecule has 27 heavy (non-hydrogen) atoms. The van der Waals surface area contributed by atoms with E-state index < -0.39 is 54.4 Å². The van der Waals surface area contributed by atoms with Gasteiger partial charge >= 0.3 is 11.9 Å². The molecular formula is C15H23N5O7. The van der Waals surface area contributed by atoms with Crippen molar-refractivity contribution in [3.8, 4) is 0 Å². The Morgan fingerprint density at radius 1 is 1.19 bits per heavy atom. The van der Waals surface area contributed by atoms with Crippen molar-refractivity contribution in [2.75, 3.05) is 0 Å². The molecular weight excluding hydrogens is 362 g/mol. The number of H-pyrrole nitrogens is 1. The Balaban J connectivity index is 2.84. The molecule has 0 saturated carbocycles. The van der Waals surface area contributed by atoms with E-state index in [4.69, 9.17) is 10.8 Å². The summed E-state index contributed by atoms with van der Waals surface area (Å²) in [6, 6.07) is -3.99. The first kappa shape index (κ1) is 22.1. The number of nitrogens with zero attached hydrogens (tertiary/aromatic N) is 1. The van der Waals surface area contributed by atoms with Gasteiger partial charge < -0.3 is 36.7 Å². The molecule has 0 radical (unpaired) electrons. The first-order valence-electron chi connectivity index (χ1n) is 8.08. The molecule has 12 heteroatoms. The number of carbonyl (C=O) groups is 4. The highest BCUT2D eigenvalue weighted by molar-refractivity contribution is 5.92. The Hall–Kier alpha value is -2.99. The predicted molar refractivity (Wildman–Crippen MR) is 90.3 cm³/mol. The third-order valence-corrected chi connectivity index (χ3v) is 3.70. The van der Waals surface area contributed by atoms with Gasteiger partial charge in [0.2, 0.25) is 11.8 Å². The molecule has 0 fully saturated rings. The maximum absolute atomic E-state index is 12.4. The molecule has 4 atom stereocenters. The van der Waals surface area contributed by atoms with Crippen LogP contribution >= 0.6 is 0 Å². The van der Waals surface area contributed by atoms with Crippen LogP contribution in [0.2, 0.25) is 0 Å². The Labute approximate surface area is 154 Å². The Morgan fingerprint density at radius 2 is 1.81 bits per heavy atom. The zero-order chi connectivity index (χ0) is 20.6. The number of amides is 2. The first-order valence-corrected chi connectivity index (χ1v) is 8.08. The smallest absolute Gasteiger partial charge is 0.326 e. The van der Waals surface area contributed by atoms with E-state index in [0.29, 0.717) is 5.69 Å². The average Bonchev–Trinajstić information content (AvgIpc) is 3.09. The van der Waals surface area contributed by atoms with Crippen LogP contribution in [0.25, 0.3) is 0 Å². The molecule has 2 amide bonds. The fraction of sp³-hybridized carbons (Fsp3) is 0.533. The zero-order valence-electron chi connectivity index (χ0n) is 14.6. The van der Waals surface area contributed by atoms with Crippen LogP contribution in [0.3, 0.4) is 0 Å². The van der Waals surface area contributed by atoms with Crippen LogP contribution in [0.4, 0.5) is 0 Å². The van der Waals surface area contributed by atoms with Gasteiger partial charge in [0.25, 0.3) is 0 Å². The molecule has 1 rings (SSSR count). The fourth-order valence-electron chi connectivity index (χ4n) is 2.11. The average molecular weight is 385 g/mol. The molecule has 1 heterocycles. The monoisotopic (exact) mass is 385 g/mol. The van der Waals surface area contributed by atoms with E-state index in [-0.39, 0.29) is 12.8 Å². The molecule has 1 aromatic rings. The lowest BCUT2D eigenvalue weighted by molar-refractivity contribution is -0.143. The molecule has 0 aliphatic rings. The SMILES string of the molecule is C[C@@H](O)[C@H](N)C(=O)N[C@@H](CCC(=O)O)C(=O)N[C@@H](Cc1cnc[nH]1)C(=O)O. The van der Waals surface area contributed by atoms with Crippen LogP contribution in [-0.4, -0.2) is 73.3 Å². The minimum Gasteiger partial charge on any atom is -0.481 e. The minimum absolute atomic E-state index is 0.0894. The normalized spacial score (nSPS) is 15.2. The largest absolute Gasteiger partial charge is 0.481 e. The molecule has 150 valence electrons. The van der Waals surface area contributed by atoms with Gasteiger partial charge in [0, 0.05) is 24.7 Å². The van der Waals surface area contributed by atoms with Gasteiger partial charge in [-0.25, -0.2) is 9.78 Å². The van der Waals surface area contributed by atoms with Crippen molar-refractivity contribution in [3.05, 3.63) is 18.2 Å². The van der Waals surface area contributed by atoms with Crippen LogP contribution in [0.15, 0.2) is 12.5 Å². The summed E-state index contributed by atoms with van der Waals surface area (Å²) in [6.07, 6.45) is 0.738. The van der Waals surface area contributed by atoms with Gasteiger partial charge in [-0.15, -0.1) is 0 Å². The highest BCUT2D eigenvalue weighted by Crippen LogP contribution is 2.04. The maximum Gasteiger partial charge on any atom is 0.326 e. The molecule has 0 aromatic carbocycles. The first-order chi connectivity index (χ1) is 12.6. The number of aliphatic carboxylic acids is 2. The van der Waals surface area contributed by atoms with E-state index in [1.54, 1.807) is 0 Å². The Bertz CT molecular complexity index is 662. The fourth-order valence-corrected chi connectivity index (χ4v) is 2.11. The number of aliphatic hydroxyl groups excluding tert-OH is 1. The van der Waals surface area contributed by atoms with Crippen molar-refractivity contribution in [1.29, 1.82) is 0 Å². The van der Waals surface area contributed by atoms with Gasteiger partial charge in [-0.3, -0.25) is 14.4 Å². The number of aromatic amines is 1. The minimum atomic E-state index is -1.33. The van der Waals surface area contributed by atoms with Crippen LogP contribution in [0, 0.1) is 0 Å². The number of aromatic nitrogens is 2. The third kappa shape index (κ3) is 7.42. The predicted octanol–water partition coefficient (Wildman–Crippen LogP) is -2.42. The summed E-state index contributed by atoms with van der Waals surface area (Å²) in [5, 5.41) is 31.9. The topological polar surface area (TPSA) is 208 Å². The second-order valence-electron chi connectivity index (χ2n) is 5.94. The van der Waals surface area contributed by atoms with E-state index >= 15 is 0 Å². The molecule has 0 bridgehead atoms. The van der Waals surface area contributed by atoms with Gasteiger partial charge in [-0.2, -0.15) is 0 Å². The van der Waals surface area contributed by atoms with Crippen LogP contribution in [0.5, 0.6) is 0 Å². The highest BCUT2D eigenvalue weighted by Gasteiger charge is 2.29. The summed E-state index contributed by atoms with van der Waals surface area (Å²) in [6.45, 7) is 1.28. The van der Waals surface area contributed by atoms with Gasteiger partial charge in [0.1, 0.15) is 18.1 Å². The van der Waals surface area contributed by atoms with Gasteiger partial charge in [0.05, 0.1) is 12.4 Å². The molecule has 0 saturated heterocycles. The molecule has 12 nitrogen and oxygen atoms in total. The number of imidazole rings is 1. The van der Waals surface area contributed by atoms with Crippen molar-refractivity contribution in [2.24, 2.45) is 5.73 Å². The number of nitrogens with one attached hydrogen (secondary N) is 3. The number of nitrogens with two attached hydrogens (primary N) is 1. The van der Waals surface area contributed by atoms with Crippen LogP contribution < -0.4 is 16.4 Å². The van der Waals surface area contributed by atoms with Crippen molar-refractivity contribution >= 4 is 23.8 Å². The quantitative estimate of drug-likeness (QED) is 0.216. The summed E-state index contributed by atoms with van der Waals surface area (Å²) in [5.41, 5.74) is 5.95. The van der Waals surface area contributed by atoms with Gasteiger partial charge in [0.15, 0.2) is 0 Å². The summed E-state index contributed by atoms with van der Waals surface area (Å²) in [7, 11) is 0. The number of carboxylic acids is 2. The number of hydrogen-bond donors (Lipinski definition) is 7. The van der Waals surface area contributed by atoms with E-state index in [1.165, 1.54) is 19.4 Å². The van der Waals surface area contributed by atoms with Gasteiger partial charge in [-0.1, -0.05) is 0 Å². The number of hydrogen-bond acceptors (Lipinski definition) is 7. The Morgan fingerprint density at radius 3 is 2.30 bits per heavy atom. The second kappa shape index (κ2) is 10.2. The molecule has 0 aliphatic carbocycles.